The van der Waals surface area contributed by atoms with Crippen molar-refractivity contribution in [1.82, 2.24) is 19.7 Å². The third-order valence-corrected chi connectivity index (χ3v) is 3.88. The second-order valence-electron chi connectivity index (χ2n) is 5.25. The molecule has 2 heterocycles. The highest BCUT2D eigenvalue weighted by Crippen LogP contribution is 2.22. The van der Waals surface area contributed by atoms with Crippen molar-refractivity contribution in [2.75, 3.05) is 13.1 Å². The summed E-state index contributed by atoms with van der Waals surface area (Å²) in [6, 6.07) is 6.18. The van der Waals surface area contributed by atoms with Crippen molar-refractivity contribution in [3.05, 3.63) is 41.4 Å². The van der Waals surface area contributed by atoms with E-state index in [2.05, 4.69) is 21.0 Å². The first-order valence-corrected chi connectivity index (χ1v) is 7.21. The van der Waals surface area contributed by atoms with Crippen LogP contribution in [0.2, 0.25) is 5.02 Å². The van der Waals surface area contributed by atoms with Gasteiger partial charge in [-0.05, 0) is 37.1 Å². The Balaban J connectivity index is 1.85. The van der Waals surface area contributed by atoms with Crippen LogP contribution in [0.25, 0.3) is 5.69 Å². The Hall–Kier alpha value is -1.43. The second-order valence-corrected chi connectivity index (χ2v) is 5.69. The minimum absolute atomic E-state index is 0.283. The third-order valence-electron chi connectivity index (χ3n) is 3.65. The molecule has 1 aromatic heterocycles. The topological polar surface area (TPSA) is 60.0 Å². The molecule has 0 spiro atoms. The molecule has 1 aliphatic rings. The average Bonchev–Trinajstić information content (AvgIpc) is 2.95. The quantitative estimate of drug-likeness (QED) is 0.937. The van der Waals surface area contributed by atoms with E-state index in [1.54, 1.807) is 11.0 Å². The van der Waals surface area contributed by atoms with Crippen LogP contribution < -0.4 is 5.73 Å². The molecule has 0 bridgehead atoms. The number of halogens is 1. The van der Waals surface area contributed by atoms with Crippen LogP contribution in [0.3, 0.4) is 0 Å². The molecular formula is C14H18ClN5. The van der Waals surface area contributed by atoms with E-state index in [1.807, 2.05) is 12.1 Å². The lowest BCUT2D eigenvalue weighted by Crippen LogP contribution is -2.42. The summed E-state index contributed by atoms with van der Waals surface area (Å²) < 4.78 is 1.76. The molecule has 6 heteroatoms. The van der Waals surface area contributed by atoms with Gasteiger partial charge in [0.25, 0.3) is 0 Å². The molecule has 2 N–H and O–H groups in total. The largest absolute Gasteiger partial charge is 0.327 e. The molecule has 2 aromatic rings. The maximum Gasteiger partial charge on any atom is 0.138 e. The second kappa shape index (κ2) is 5.91. The Kier molecular flexibility index (Phi) is 4.00. The van der Waals surface area contributed by atoms with Gasteiger partial charge in [0.2, 0.25) is 0 Å². The maximum absolute atomic E-state index is 6.10. The van der Waals surface area contributed by atoms with E-state index in [-0.39, 0.29) is 6.04 Å². The fourth-order valence-corrected chi connectivity index (χ4v) is 2.86. The Morgan fingerprint density at radius 1 is 1.40 bits per heavy atom. The normalized spacial score (nSPS) is 20.2. The number of nitrogens with zero attached hydrogens (tertiary/aromatic N) is 4. The SMILES string of the molecule is NC1CCCN(Cc2ccc(Cl)cc2-n2cncn2)C1. The Morgan fingerprint density at radius 3 is 3.05 bits per heavy atom. The van der Waals surface area contributed by atoms with Gasteiger partial charge in [0, 0.05) is 24.2 Å². The molecule has 5 nitrogen and oxygen atoms in total. The fraction of sp³-hybridized carbons (Fsp3) is 0.429. The van der Waals surface area contributed by atoms with Gasteiger partial charge in [-0.2, -0.15) is 5.10 Å². The molecule has 0 amide bonds. The molecule has 20 heavy (non-hydrogen) atoms. The van der Waals surface area contributed by atoms with E-state index < -0.39 is 0 Å². The van der Waals surface area contributed by atoms with Crippen LogP contribution >= 0.6 is 11.6 Å². The first-order valence-electron chi connectivity index (χ1n) is 6.84. The predicted molar refractivity (Wildman–Crippen MR) is 78.9 cm³/mol. The monoisotopic (exact) mass is 291 g/mol. The summed E-state index contributed by atoms with van der Waals surface area (Å²) >= 11 is 6.10. The highest BCUT2D eigenvalue weighted by Gasteiger charge is 2.18. The molecule has 1 aliphatic heterocycles. The number of benzene rings is 1. The molecule has 0 aliphatic carbocycles. The van der Waals surface area contributed by atoms with E-state index in [0.717, 1.165) is 38.2 Å². The van der Waals surface area contributed by atoms with Gasteiger partial charge in [0.05, 0.1) is 5.69 Å². The molecule has 0 saturated carbocycles. The average molecular weight is 292 g/mol. The van der Waals surface area contributed by atoms with Gasteiger partial charge in [-0.15, -0.1) is 0 Å². The van der Waals surface area contributed by atoms with Crippen LogP contribution in [-0.2, 0) is 6.54 Å². The summed E-state index contributed by atoms with van der Waals surface area (Å²) in [5.41, 5.74) is 8.21. The number of rotatable bonds is 3. The summed E-state index contributed by atoms with van der Waals surface area (Å²) in [6.07, 6.45) is 5.50. The number of piperidine rings is 1. The first kappa shape index (κ1) is 13.5. The van der Waals surface area contributed by atoms with Crippen molar-refractivity contribution >= 4 is 11.6 Å². The lowest BCUT2D eigenvalue weighted by molar-refractivity contribution is 0.201. The van der Waals surface area contributed by atoms with Crippen LogP contribution in [-0.4, -0.2) is 38.8 Å². The van der Waals surface area contributed by atoms with Crippen molar-refractivity contribution in [2.45, 2.75) is 25.4 Å². The van der Waals surface area contributed by atoms with E-state index in [9.17, 15) is 0 Å². The molecule has 106 valence electrons. The zero-order valence-electron chi connectivity index (χ0n) is 11.2. The van der Waals surface area contributed by atoms with Gasteiger partial charge in [0.1, 0.15) is 12.7 Å². The fourth-order valence-electron chi connectivity index (χ4n) is 2.69. The van der Waals surface area contributed by atoms with E-state index in [4.69, 9.17) is 17.3 Å². The first-order chi connectivity index (χ1) is 9.72. The van der Waals surface area contributed by atoms with Crippen LogP contribution in [0, 0.1) is 0 Å². The Morgan fingerprint density at radius 2 is 2.30 bits per heavy atom. The van der Waals surface area contributed by atoms with Crippen LogP contribution in [0.15, 0.2) is 30.9 Å². The minimum Gasteiger partial charge on any atom is -0.327 e. The van der Waals surface area contributed by atoms with Crippen molar-refractivity contribution in [3.63, 3.8) is 0 Å². The van der Waals surface area contributed by atoms with E-state index >= 15 is 0 Å². The van der Waals surface area contributed by atoms with Gasteiger partial charge in [0.15, 0.2) is 0 Å². The Bertz CT molecular complexity index is 569. The highest BCUT2D eigenvalue weighted by molar-refractivity contribution is 6.30. The molecule has 1 atom stereocenters. The van der Waals surface area contributed by atoms with Gasteiger partial charge < -0.3 is 5.73 Å². The van der Waals surface area contributed by atoms with Crippen molar-refractivity contribution < 1.29 is 0 Å². The summed E-state index contributed by atoms with van der Waals surface area (Å²) in [7, 11) is 0. The lowest BCUT2D eigenvalue weighted by Gasteiger charge is -2.31. The number of aromatic nitrogens is 3. The standard InChI is InChI=1S/C14H18ClN5/c15-12-4-3-11(7-19-5-1-2-13(16)8-19)14(6-12)20-10-17-9-18-20/h3-4,6,9-10,13H,1-2,5,7-8,16H2. The molecule has 1 saturated heterocycles. The molecule has 1 fully saturated rings. The molecule has 3 rings (SSSR count). The summed E-state index contributed by atoms with van der Waals surface area (Å²) in [6.45, 7) is 2.90. The van der Waals surface area contributed by atoms with Crippen molar-refractivity contribution in [3.8, 4) is 5.69 Å². The molecule has 0 radical (unpaired) electrons. The summed E-state index contributed by atoms with van der Waals surface area (Å²) in [5, 5.41) is 4.90. The van der Waals surface area contributed by atoms with Gasteiger partial charge in [-0.25, -0.2) is 9.67 Å². The lowest BCUT2D eigenvalue weighted by atomic mass is 10.1. The van der Waals surface area contributed by atoms with Gasteiger partial charge in [-0.3, -0.25) is 4.90 Å². The van der Waals surface area contributed by atoms with E-state index in [1.165, 1.54) is 11.9 Å². The number of hydrogen-bond acceptors (Lipinski definition) is 4. The smallest absolute Gasteiger partial charge is 0.138 e. The third kappa shape index (κ3) is 3.00. The van der Waals surface area contributed by atoms with Crippen molar-refractivity contribution in [1.29, 1.82) is 0 Å². The predicted octanol–water partition coefficient (Wildman–Crippen LogP) is 1.84. The van der Waals surface area contributed by atoms with Crippen molar-refractivity contribution in [2.24, 2.45) is 5.73 Å². The van der Waals surface area contributed by atoms with Gasteiger partial charge >= 0.3 is 0 Å². The number of hydrogen-bond donors (Lipinski definition) is 1. The summed E-state index contributed by atoms with van der Waals surface area (Å²) in [5.74, 6) is 0. The minimum atomic E-state index is 0.283. The summed E-state index contributed by atoms with van der Waals surface area (Å²) in [4.78, 5) is 6.39. The maximum atomic E-state index is 6.10. The van der Waals surface area contributed by atoms with Gasteiger partial charge in [-0.1, -0.05) is 17.7 Å². The van der Waals surface area contributed by atoms with Crippen LogP contribution in [0.4, 0.5) is 0 Å². The molecule has 1 unspecified atom stereocenters. The number of likely N-dealkylation sites (tertiary alicyclic amines) is 1. The zero-order valence-corrected chi connectivity index (χ0v) is 12.0. The van der Waals surface area contributed by atoms with E-state index in [0.29, 0.717) is 5.02 Å². The Labute approximate surface area is 123 Å². The van der Waals surface area contributed by atoms with Crippen LogP contribution in [0.5, 0.6) is 0 Å². The van der Waals surface area contributed by atoms with Crippen LogP contribution in [0.1, 0.15) is 18.4 Å². The highest BCUT2D eigenvalue weighted by atomic mass is 35.5. The number of nitrogens with two attached hydrogens (primary N) is 1. The zero-order chi connectivity index (χ0) is 13.9. The molecule has 1 aromatic carbocycles. The molecular weight excluding hydrogens is 274 g/mol.